The Balaban J connectivity index is 2.63. The third kappa shape index (κ3) is 2.11. The van der Waals surface area contributed by atoms with Gasteiger partial charge in [0.1, 0.15) is 0 Å². The Kier molecular flexibility index (Phi) is 2.75. The first-order chi connectivity index (χ1) is 6.02. The van der Waals surface area contributed by atoms with Crippen LogP contribution in [0.4, 0.5) is 4.79 Å². The second-order valence-electron chi connectivity index (χ2n) is 3.44. The van der Waals surface area contributed by atoms with E-state index < -0.39 is 18.0 Å². The number of nitrogens with zero attached hydrogens (tertiary/aromatic N) is 1. The zero-order valence-corrected chi connectivity index (χ0v) is 7.43. The summed E-state index contributed by atoms with van der Waals surface area (Å²) in [6.45, 7) is 2.41. The fourth-order valence-electron chi connectivity index (χ4n) is 1.56. The number of piperidine rings is 1. The summed E-state index contributed by atoms with van der Waals surface area (Å²) in [5, 5.41) is 17.4. The Bertz CT molecular complexity index is 228. The molecule has 1 heterocycles. The highest BCUT2D eigenvalue weighted by molar-refractivity contribution is 5.72. The molecule has 1 fully saturated rings. The highest BCUT2D eigenvalue weighted by atomic mass is 16.4. The van der Waals surface area contributed by atoms with Crippen molar-refractivity contribution in [1.29, 1.82) is 0 Å². The van der Waals surface area contributed by atoms with Crippen molar-refractivity contribution in [2.45, 2.75) is 13.3 Å². The van der Waals surface area contributed by atoms with Gasteiger partial charge in [0.15, 0.2) is 0 Å². The molecule has 0 aromatic heterocycles. The lowest BCUT2D eigenvalue weighted by atomic mass is 9.87. The van der Waals surface area contributed by atoms with E-state index in [1.807, 2.05) is 6.92 Å². The molecule has 5 heteroatoms. The van der Waals surface area contributed by atoms with Crippen LogP contribution >= 0.6 is 0 Å². The molecule has 0 aromatic carbocycles. The smallest absolute Gasteiger partial charge is 0.407 e. The summed E-state index contributed by atoms with van der Waals surface area (Å²) in [5.41, 5.74) is 0. The maximum atomic E-state index is 10.7. The quantitative estimate of drug-likeness (QED) is 0.633. The van der Waals surface area contributed by atoms with Gasteiger partial charge in [0.25, 0.3) is 0 Å². The molecule has 0 radical (unpaired) electrons. The second-order valence-corrected chi connectivity index (χ2v) is 3.44. The molecule has 13 heavy (non-hydrogen) atoms. The molecular weight excluding hydrogens is 174 g/mol. The number of rotatable bonds is 1. The summed E-state index contributed by atoms with van der Waals surface area (Å²) >= 11 is 0. The molecular formula is C8H13NO4. The van der Waals surface area contributed by atoms with Gasteiger partial charge >= 0.3 is 12.1 Å². The molecule has 0 spiro atoms. The number of carbonyl (C=O) groups is 2. The number of carboxylic acids is 1. The van der Waals surface area contributed by atoms with Crippen molar-refractivity contribution in [3.63, 3.8) is 0 Å². The van der Waals surface area contributed by atoms with E-state index in [0.29, 0.717) is 13.0 Å². The molecule has 0 saturated carbocycles. The maximum Gasteiger partial charge on any atom is 0.407 e. The normalized spacial score (nSPS) is 28.5. The van der Waals surface area contributed by atoms with Gasteiger partial charge in [-0.05, 0) is 12.3 Å². The van der Waals surface area contributed by atoms with E-state index in [4.69, 9.17) is 10.2 Å². The number of carboxylic acid groups (broad SMARTS) is 2. The first kappa shape index (κ1) is 9.83. The van der Waals surface area contributed by atoms with E-state index >= 15 is 0 Å². The minimum absolute atomic E-state index is 0.0631. The topological polar surface area (TPSA) is 77.8 Å². The van der Waals surface area contributed by atoms with E-state index in [9.17, 15) is 9.59 Å². The highest BCUT2D eigenvalue weighted by Gasteiger charge is 2.33. The van der Waals surface area contributed by atoms with Gasteiger partial charge < -0.3 is 15.1 Å². The minimum Gasteiger partial charge on any atom is -0.481 e. The highest BCUT2D eigenvalue weighted by Crippen LogP contribution is 2.23. The standard InChI is InChI=1S/C8H13NO4/c1-5-2-3-9(8(12)13)4-6(5)7(10)11/h5-6H,2-4H2,1H3,(H,10,11)(H,12,13). The van der Waals surface area contributed by atoms with Crippen molar-refractivity contribution in [3.05, 3.63) is 0 Å². The first-order valence-corrected chi connectivity index (χ1v) is 4.23. The zero-order valence-electron chi connectivity index (χ0n) is 7.43. The van der Waals surface area contributed by atoms with Crippen LogP contribution in [0.2, 0.25) is 0 Å². The van der Waals surface area contributed by atoms with Gasteiger partial charge in [-0.25, -0.2) is 4.79 Å². The number of amides is 1. The predicted octanol–water partition coefficient (Wildman–Crippen LogP) is 0.707. The number of likely N-dealkylation sites (tertiary alicyclic amines) is 1. The monoisotopic (exact) mass is 187 g/mol. The third-order valence-electron chi connectivity index (χ3n) is 2.55. The van der Waals surface area contributed by atoms with Crippen LogP contribution in [0.15, 0.2) is 0 Å². The van der Waals surface area contributed by atoms with E-state index in [0.717, 1.165) is 0 Å². The SMILES string of the molecule is CC1CCN(C(=O)O)CC1C(=O)O. The Hall–Kier alpha value is -1.26. The Labute approximate surface area is 76.0 Å². The first-order valence-electron chi connectivity index (χ1n) is 4.23. The molecule has 74 valence electrons. The van der Waals surface area contributed by atoms with Crippen LogP contribution < -0.4 is 0 Å². The van der Waals surface area contributed by atoms with Gasteiger partial charge in [-0.3, -0.25) is 4.79 Å². The average molecular weight is 187 g/mol. The summed E-state index contributed by atoms with van der Waals surface area (Å²) in [6, 6.07) is 0. The Morgan fingerprint density at radius 1 is 1.38 bits per heavy atom. The van der Waals surface area contributed by atoms with Crippen molar-refractivity contribution in [2.75, 3.05) is 13.1 Å². The Morgan fingerprint density at radius 3 is 2.46 bits per heavy atom. The summed E-state index contributed by atoms with van der Waals surface area (Å²) < 4.78 is 0. The molecule has 2 N–H and O–H groups in total. The number of aliphatic carboxylic acids is 1. The van der Waals surface area contributed by atoms with Crippen molar-refractivity contribution >= 4 is 12.1 Å². The van der Waals surface area contributed by atoms with E-state index in [2.05, 4.69) is 0 Å². The van der Waals surface area contributed by atoms with Gasteiger partial charge in [-0.2, -0.15) is 0 Å². The lowest BCUT2D eigenvalue weighted by Crippen LogP contribution is -2.45. The summed E-state index contributed by atoms with van der Waals surface area (Å²) in [7, 11) is 0. The van der Waals surface area contributed by atoms with E-state index in [1.165, 1.54) is 4.90 Å². The van der Waals surface area contributed by atoms with E-state index in [-0.39, 0.29) is 12.5 Å². The number of hydrogen-bond acceptors (Lipinski definition) is 2. The van der Waals surface area contributed by atoms with Crippen molar-refractivity contribution in [3.8, 4) is 0 Å². The van der Waals surface area contributed by atoms with Crippen LogP contribution in [-0.2, 0) is 4.79 Å². The van der Waals surface area contributed by atoms with Crippen LogP contribution in [-0.4, -0.2) is 40.3 Å². The molecule has 5 nitrogen and oxygen atoms in total. The van der Waals surface area contributed by atoms with Crippen molar-refractivity contribution in [2.24, 2.45) is 11.8 Å². The molecule has 0 aromatic rings. The largest absolute Gasteiger partial charge is 0.481 e. The lowest BCUT2D eigenvalue weighted by Gasteiger charge is -2.32. The molecule has 2 unspecified atom stereocenters. The maximum absolute atomic E-state index is 10.7. The summed E-state index contributed by atoms with van der Waals surface area (Å²) in [5.74, 6) is -1.39. The van der Waals surface area contributed by atoms with Gasteiger partial charge in [-0.1, -0.05) is 6.92 Å². The summed E-state index contributed by atoms with van der Waals surface area (Å²) in [4.78, 5) is 22.4. The zero-order chi connectivity index (χ0) is 10.0. The van der Waals surface area contributed by atoms with Gasteiger partial charge in [-0.15, -0.1) is 0 Å². The minimum atomic E-state index is -1.03. The van der Waals surface area contributed by atoms with Crippen LogP contribution in [0.1, 0.15) is 13.3 Å². The molecule has 1 aliphatic rings. The van der Waals surface area contributed by atoms with Gasteiger partial charge in [0.2, 0.25) is 0 Å². The second kappa shape index (κ2) is 3.64. The van der Waals surface area contributed by atoms with Gasteiger partial charge in [0.05, 0.1) is 5.92 Å². The fraction of sp³-hybridized carbons (Fsp3) is 0.750. The van der Waals surface area contributed by atoms with Crippen LogP contribution in [0.25, 0.3) is 0 Å². The van der Waals surface area contributed by atoms with Crippen molar-refractivity contribution in [1.82, 2.24) is 4.90 Å². The van der Waals surface area contributed by atoms with Gasteiger partial charge in [0, 0.05) is 13.1 Å². The Morgan fingerprint density at radius 2 is 2.00 bits per heavy atom. The third-order valence-corrected chi connectivity index (χ3v) is 2.55. The molecule has 1 aliphatic heterocycles. The van der Waals surface area contributed by atoms with E-state index in [1.54, 1.807) is 0 Å². The fourth-order valence-corrected chi connectivity index (χ4v) is 1.56. The lowest BCUT2D eigenvalue weighted by molar-refractivity contribution is -0.145. The van der Waals surface area contributed by atoms with Crippen molar-refractivity contribution < 1.29 is 19.8 Å². The van der Waals surface area contributed by atoms with Crippen LogP contribution in [0.3, 0.4) is 0 Å². The molecule has 0 bridgehead atoms. The molecule has 2 atom stereocenters. The molecule has 1 amide bonds. The van der Waals surface area contributed by atoms with Crippen LogP contribution in [0, 0.1) is 11.8 Å². The number of hydrogen-bond donors (Lipinski definition) is 2. The van der Waals surface area contributed by atoms with Crippen LogP contribution in [0.5, 0.6) is 0 Å². The predicted molar refractivity (Wildman–Crippen MR) is 44.5 cm³/mol. The average Bonchev–Trinajstić information content (AvgIpc) is 2.04. The molecule has 1 saturated heterocycles. The molecule has 1 rings (SSSR count). The summed E-state index contributed by atoms with van der Waals surface area (Å²) in [6.07, 6.45) is -0.401. The molecule has 0 aliphatic carbocycles.